The zero-order chi connectivity index (χ0) is 12.5. The number of aromatic nitrogens is 3. The Kier molecular flexibility index (Phi) is 3.50. The van der Waals surface area contributed by atoms with Crippen molar-refractivity contribution in [2.24, 2.45) is 0 Å². The van der Waals surface area contributed by atoms with E-state index in [1.165, 1.54) is 35.4 Å². The van der Waals surface area contributed by atoms with Gasteiger partial charge in [-0.25, -0.2) is 9.67 Å². The zero-order valence-electron chi connectivity index (χ0n) is 9.63. The van der Waals surface area contributed by atoms with Gasteiger partial charge in [-0.15, -0.1) is 16.4 Å². The fraction of sp³-hybridized carbons (Fsp3) is 0.545. The third kappa shape index (κ3) is 2.50. The lowest BCUT2D eigenvalue weighted by atomic mass is 10.1. The van der Waals surface area contributed by atoms with Gasteiger partial charge in [0.2, 0.25) is 4.47 Å². The van der Waals surface area contributed by atoms with Crippen LogP contribution < -0.4 is 4.87 Å². The fourth-order valence-corrected chi connectivity index (χ4v) is 4.06. The Morgan fingerprint density at radius 1 is 1.44 bits per heavy atom. The molecule has 0 unspecified atom stereocenters. The van der Waals surface area contributed by atoms with Crippen LogP contribution in [0.25, 0.3) is 0 Å². The molecule has 4 nitrogen and oxygen atoms in total. The smallest absolute Gasteiger partial charge is 0.255 e. The molecule has 1 fully saturated rings. The molecular formula is C11H12ClN3OS2. The van der Waals surface area contributed by atoms with Crippen molar-refractivity contribution in [2.75, 3.05) is 0 Å². The van der Waals surface area contributed by atoms with Crippen LogP contribution in [0.4, 0.5) is 0 Å². The van der Waals surface area contributed by atoms with E-state index in [2.05, 4.69) is 10.1 Å². The number of thiazole rings is 1. The number of hydrogen-bond acceptors (Lipinski definition) is 5. The van der Waals surface area contributed by atoms with Crippen molar-refractivity contribution in [3.05, 3.63) is 30.2 Å². The fourth-order valence-electron chi connectivity index (χ4n) is 2.29. The first kappa shape index (κ1) is 12.3. The minimum atomic E-state index is -0.129. The monoisotopic (exact) mass is 301 g/mol. The minimum Gasteiger partial charge on any atom is -0.255 e. The van der Waals surface area contributed by atoms with Gasteiger partial charge in [-0.3, -0.25) is 4.79 Å². The second kappa shape index (κ2) is 5.11. The van der Waals surface area contributed by atoms with E-state index in [9.17, 15) is 4.79 Å². The Labute approximate surface area is 117 Å². The topological polar surface area (TPSA) is 47.8 Å². The first-order valence-electron chi connectivity index (χ1n) is 5.90. The maximum Gasteiger partial charge on any atom is 0.326 e. The molecule has 0 spiro atoms. The Hall–Kier alpha value is -0.720. The molecule has 0 radical (unpaired) electrons. The summed E-state index contributed by atoms with van der Waals surface area (Å²) in [7, 11) is 0. The molecule has 0 saturated heterocycles. The second-order valence-corrected chi connectivity index (χ2v) is 6.85. The molecule has 2 aromatic heterocycles. The van der Waals surface area contributed by atoms with Crippen molar-refractivity contribution >= 4 is 34.3 Å². The van der Waals surface area contributed by atoms with Crippen LogP contribution in [0.3, 0.4) is 0 Å². The molecular weight excluding hydrogens is 290 g/mol. The number of nitrogens with zero attached hydrogens (tertiary/aromatic N) is 3. The summed E-state index contributed by atoms with van der Waals surface area (Å²) >= 11 is 8.36. The van der Waals surface area contributed by atoms with Crippen molar-refractivity contribution in [1.29, 1.82) is 0 Å². The van der Waals surface area contributed by atoms with E-state index < -0.39 is 0 Å². The SMILES string of the molecule is O=c1sc(Cl)nn1Cc1csc(C2CCCC2)n1. The predicted molar refractivity (Wildman–Crippen MR) is 73.8 cm³/mol. The van der Waals surface area contributed by atoms with E-state index in [1.54, 1.807) is 11.3 Å². The van der Waals surface area contributed by atoms with E-state index in [4.69, 9.17) is 11.6 Å². The van der Waals surface area contributed by atoms with Crippen LogP contribution >= 0.6 is 34.3 Å². The number of halogens is 1. The highest BCUT2D eigenvalue weighted by molar-refractivity contribution is 7.13. The molecule has 1 saturated carbocycles. The Morgan fingerprint density at radius 2 is 2.22 bits per heavy atom. The second-order valence-electron chi connectivity index (χ2n) is 4.44. The molecule has 1 aliphatic rings. The Bertz CT molecular complexity index is 597. The summed E-state index contributed by atoms with van der Waals surface area (Å²) in [5, 5.41) is 7.19. The maximum absolute atomic E-state index is 11.5. The summed E-state index contributed by atoms with van der Waals surface area (Å²) in [5.74, 6) is 0.625. The quantitative estimate of drug-likeness (QED) is 0.875. The van der Waals surface area contributed by atoms with Crippen molar-refractivity contribution < 1.29 is 0 Å². The van der Waals surface area contributed by atoms with E-state index >= 15 is 0 Å². The van der Waals surface area contributed by atoms with Crippen LogP contribution in [0.1, 0.15) is 42.3 Å². The summed E-state index contributed by atoms with van der Waals surface area (Å²) in [4.78, 5) is 16.0. The molecule has 0 aliphatic heterocycles. The van der Waals surface area contributed by atoms with Crippen LogP contribution in [0.5, 0.6) is 0 Å². The van der Waals surface area contributed by atoms with Crippen molar-refractivity contribution in [3.63, 3.8) is 0 Å². The highest BCUT2D eigenvalue weighted by Gasteiger charge is 2.20. The van der Waals surface area contributed by atoms with Crippen LogP contribution in [-0.4, -0.2) is 14.8 Å². The highest BCUT2D eigenvalue weighted by atomic mass is 35.5. The van der Waals surface area contributed by atoms with Crippen molar-refractivity contribution in [3.8, 4) is 0 Å². The summed E-state index contributed by atoms with van der Waals surface area (Å²) in [6.45, 7) is 0.422. The van der Waals surface area contributed by atoms with Gasteiger partial charge in [0.05, 0.1) is 17.2 Å². The van der Waals surface area contributed by atoms with E-state index in [1.807, 2.05) is 5.38 Å². The maximum atomic E-state index is 11.5. The van der Waals surface area contributed by atoms with Gasteiger partial charge in [-0.1, -0.05) is 12.8 Å². The van der Waals surface area contributed by atoms with Gasteiger partial charge in [-0.05, 0) is 35.8 Å². The number of hydrogen-bond donors (Lipinski definition) is 0. The van der Waals surface area contributed by atoms with Gasteiger partial charge in [0.1, 0.15) is 0 Å². The van der Waals surface area contributed by atoms with Gasteiger partial charge in [0, 0.05) is 11.3 Å². The lowest BCUT2D eigenvalue weighted by molar-refractivity contribution is 0.647. The third-order valence-electron chi connectivity index (χ3n) is 3.17. The van der Waals surface area contributed by atoms with Gasteiger partial charge >= 0.3 is 4.87 Å². The molecule has 0 bridgehead atoms. The third-order valence-corrected chi connectivity index (χ3v) is 5.17. The lowest BCUT2D eigenvalue weighted by Crippen LogP contribution is -2.15. The average Bonchev–Trinajstić information content (AvgIpc) is 3.02. The van der Waals surface area contributed by atoms with E-state index in [0.29, 0.717) is 12.5 Å². The lowest BCUT2D eigenvalue weighted by Gasteiger charge is -2.02. The predicted octanol–water partition coefficient (Wildman–Crippen LogP) is 3.12. The Balaban J connectivity index is 1.77. The normalized spacial score (nSPS) is 16.5. The molecule has 0 aromatic carbocycles. The molecule has 0 atom stereocenters. The molecule has 2 heterocycles. The van der Waals surface area contributed by atoms with Crippen LogP contribution in [0, 0.1) is 0 Å². The summed E-state index contributed by atoms with van der Waals surface area (Å²) in [6, 6.07) is 0. The van der Waals surface area contributed by atoms with Gasteiger partial charge in [0.15, 0.2) is 0 Å². The Morgan fingerprint density at radius 3 is 2.89 bits per heavy atom. The molecule has 18 heavy (non-hydrogen) atoms. The molecule has 3 rings (SSSR count). The average molecular weight is 302 g/mol. The van der Waals surface area contributed by atoms with Gasteiger partial charge in [-0.2, -0.15) is 0 Å². The summed E-state index contributed by atoms with van der Waals surface area (Å²) in [6.07, 6.45) is 5.10. The number of rotatable bonds is 3. The molecule has 96 valence electrons. The highest BCUT2D eigenvalue weighted by Crippen LogP contribution is 2.35. The van der Waals surface area contributed by atoms with Crippen LogP contribution in [-0.2, 0) is 6.54 Å². The zero-order valence-corrected chi connectivity index (χ0v) is 12.0. The van der Waals surface area contributed by atoms with Gasteiger partial charge in [0.25, 0.3) is 0 Å². The standard InChI is InChI=1S/C11H12ClN3OS2/c12-10-14-15(11(16)18-10)5-8-6-17-9(13-8)7-3-1-2-4-7/h6-7H,1-5H2. The van der Waals surface area contributed by atoms with Gasteiger partial charge < -0.3 is 0 Å². The van der Waals surface area contributed by atoms with Crippen LogP contribution in [0.2, 0.25) is 4.47 Å². The first-order valence-corrected chi connectivity index (χ1v) is 7.97. The molecule has 7 heteroatoms. The molecule has 0 N–H and O–H groups in total. The van der Waals surface area contributed by atoms with E-state index in [0.717, 1.165) is 17.0 Å². The summed E-state index contributed by atoms with van der Waals surface area (Å²) < 4.78 is 1.66. The molecule has 1 aliphatic carbocycles. The largest absolute Gasteiger partial charge is 0.326 e. The molecule has 2 aromatic rings. The van der Waals surface area contributed by atoms with Crippen molar-refractivity contribution in [1.82, 2.24) is 14.8 Å². The first-order chi connectivity index (χ1) is 8.72. The summed E-state index contributed by atoms with van der Waals surface area (Å²) in [5.41, 5.74) is 0.908. The van der Waals surface area contributed by atoms with Crippen LogP contribution in [0.15, 0.2) is 10.2 Å². The molecule has 0 amide bonds. The van der Waals surface area contributed by atoms with E-state index in [-0.39, 0.29) is 9.34 Å². The van der Waals surface area contributed by atoms with Crippen molar-refractivity contribution in [2.45, 2.75) is 38.1 Å². The minimum absolute atomic E-state index is 0.129.